The highest BCUT2D eigenvalue weighted by atomic mass is 19.1. The van der Waals surface area contributed by atoms with Gasteiger partial charge < -0.3 is 20.9 Å². The van der Waals surface area contributed by atoms with Gasteiger partial charge in [-0.25, -0.2) is 9.37 Å². The van der Waals surface area contributed by atoms with E-state index < -0.39 is 0 Å². The van der Waals surface area contributed by atoms with E-state index in [1.54, 1.807) is 12.1 Å². The Morgan fingerprint density at radius 1 is 1.03 bits per heavy atom. The molecule has 8 nitrogen and oxygen atoms in total. The number of aromatic nitrogens is 4. The fourth-order valence-electron chi connectivity index (χ4n) is 4.98. The predicted molar refractivity (Wildman–Crippen MR) is 156 cm³/mol. The minimum atomic E-state index is -0.233. The first kappa shape index (κ1) is 26.6. The molecule has 0 aliphatic heterocycles. The second-order valence-electron chi connectivity index (χ2n) is 10.5. The van der Waals surface area contributed by atoms with Crippen molar-refractivity contribution in [2.24, 2.45) is 10.7 Å². The number of hydrogen-bond acceptors (Lipinski definition) is 6. The van der Waals surface area contributed by atoms with Crippen LogP contribution < -0.4 is 16.4 Å². The Morgan fingerprint density at radius 3 is 2.33 bits per heavy atom. The molecular formula is C30H37FN8. The zero-order chi connectivity index (χ0) is 27.4. The lowest BCUT2D eigenvalue weighted by atomic mass is 9.91. The van der Waals surface area contributed by atoms with E-state index in [1.165, 1.54) is 12.1 Å². The van der Waals surface area contributed by atoms with Gasteiger partial charge in [0.1, 0.15) is 5.82 Å². The Morgan fingerprint density at radius 2 is 1.69 bits per heavy atom. The fourth-order valence-corrected chi connectivity index (χ4v) is 4.98. The third-order valence-electron chi connectivity index (χ3n) is 7.31. The quantitative estimate of drug-likeness (QED) is 0.173. The first-order valence-electron chi connectivity index (χ1n) is 13.8. The molecule has 0 unspecified atom stereocenters. The number of benzene rings is 2. The molecule has 0 atom stereocenters. The van der Waals surface area contributed by atoms with E-state index in [9.17, 15) is 4.39 Å². The van der Waals surface area contributed by atoms with Crippen LogP contribution in [0.3, 0.4) is 0 Å². The van der Waals surface area contributed by atoms with Gasteiger partial charge in [-0.05, 0) is 68.4 Å². The summed E-state index contributed by atoms with van der Waals surface area (Å²) in [4.78, 5) is 19.0. The van der Waals surface area contributed by atoms with Gasteiger partial charge in [0, 0.05) is 25.0 Å². The number of nitrogens with one attached hydrogen (secondary N) is 2. The molecule has 204 valence electrons. The van der Waals surface area contributed by atoms with Gasteiger partial charge in [0.2, 0.25) is 5.95 Å². The summed E-state index contributed by atoms with van der Waals surface area (Å²) in [5.74, 6) is 1.82. The van der Waals surface area contributed by atoms with Gasteiger partial charge in [0.25, 0.3) is 0 Å². The first-order valence-corrected chi connectivity index (χ1v) is 13.8. The molecule has 9 heteroatoms. The number of halogens is 1. The van der Waals surface area contributed by atoms with E-state index in [1.807, 2.05) is 13.3 Å². The molecule has 2 aromatic carbocycles. The highest BCUT2D eigenvalue weighted by Crippen LogP contribution is 2.28. The first-order chi connectivity index (χ1) is 18.9. The van der Waals surface area contributed by atoms with Gasteiger partial charge in [-0.3, -0.25) is 4.99 Å². The lowest BCUT2D eigenvalue weighted by molar-refractivity contribution is 0.411. The number of amidine groups is 1. The Labute approximate surface area is 229 Å². The molecule has 0 amide bonds. The van der Waals surface area contributed by atoms with E-state index in [0.29, 0.717) is 30.4 Å². The number of anilines is 2. The number of nitrogens with two attached hydrogens (primary N) is 1. The van der Waals surface area contributed by atoms with Gasteiger partial charge >= 0.3 is 0 Å². The third-order valence-corrected chi connectivity index (χ3v) is 7.31. The monoisotopic (exact) mass is 528 g/mol. The van der Waals surface area contributed by atoms with Crippen molar-refractivity contribution in [3.63, 3.8) is 0 Å². The second-order valence-corrected chi connectivity index (χ2v) is 10.5. The molecular weight excluding hydrogens is 491 g/mol. The van der Waals surface area contributed by atoms with E-state index in [2.05, 4.69) is 63.3 Å². The molecule has 0 radical (unpaired) electrons. The smallest absolute Gasteiger partial charge is 0.227 e. The highest BCUT2D eigenvalue weighted by molar-refractivity contribution is 5.84. The van der Waals surface area contributed by atoms with Gasteiger partial charge in [-0.2, -0.15) is 9.97 Å². The number of fused-ring (bicyclic) bond motifs is 1. The largest absolute Gasteiger partial charge is 0.387 e. The molecule has 1 aliphatic rings. The van der Waals surface area contributed by atoms with E-state index in [-0.39, 0.29) is 11.9 Å². The van der Waals surface area contributed by atoms with Crippen LogP contribution in [0.25, 0.3) is 22.3 Å². The van der Waals surface area contributed by atoms with Crippen LogP contribution in [0.4, 0.5) is 16.2 Å². The summed E-state index contributed by atoms with van der Waals surface area (Å²) in [6, 6.07) is 15.6. The number of rotatable bonds is 9. The molecule has 0 bridgehead atoms. The molecule has 1 aliphatic carbocycles. The lowest BCUT2D eigenvalue weighted by Gasteiger charge is -2.27. The standard InChI is InChI=1S/C30H37FN8/c1-4-26(32)35-24-13-15-25(16-14-24)36-30-37-28(27-29(38-30)39(18-34-27)19(2)3)33-17-20-5-7-21(8-6-20)22-9-11-23(31)12-10-22/h5-12,18-19,24-25H,4,13-17H2,1-3H3,(H2,32,35)(H2,33,36,37,38). The van der Waals surface area contributed by atoms with Crippen molar-refractivity contribution < 1.29 is 4.39 Å². The van der Waals surface area contributed by atoms with Crippen LogP contribution in [-0.4, -0.2) is 37.4 Å². The third kappa shape index (κ3) is 6.35. The fraction of sp³-hybridized carbons (Fsp3) is 0.400. The molecule has 2 aromatic heterocycles. The lowest BCUT2D eigenvalue weighted by Crippen LogP contribution is -2.29. The van der Waals surface area contributed by atoms with Crippen molar-refractivity contribution in [3.05, 3.63) is 66.2 Å². The van der Waals surface area contributed by atoms with E-state index >= 15 is 0 Å². The van der Waals surface area contributed by atoms with Crippen molar-refractivity contribution >= 4 is 28.8 Å². The van der Waals surface area contributed by atoms with E-state index in [0.717, 1.165) is 65.8 Å². The molecule has 0 spiro atoms. The topological polar surface area (TPSA) is 106 Å². The van der Waals surface area contributed by atoms with Gasteiger partial charge in [0.15, 0.2) is 17.0 Å². The SMILES string of the molecule is CCC(N)=NC1CCC(Nc2nc(NCc3ccc(-c4ccc(F)cc4)cc3)c3ncn(C(C)C)c3n2)CC1. The number of imidazole rings is 1. The second kappa shape index (κ2) is 11.8. The summed E-state index contributed by atoms with van der Waals surface area (Å²) in [7, 11) is 0. The summed E-state index contributed by atoms with van der Waals surface area (Å²) in [6.45, 7) is 6.87. The van der Waals surface area contributed by atoms with Crippen LogP contribution in [0.15, 0.2) is 59.9 Å². The van der Waals surface area contributed by atoms with Gasteiger partial charge in [-0.15, -0.1) is 0 Å². The molecule has 5 rings (SSSR count). The van der Waals surface area contributed by atoms with Crippen LogP contribution >= 0.6 is 0 Å². The number of nitrogens with zero attached hydrogens (tertiary/aromatic N) is 5. The van der Waals surface area contributed by atoms with Crippen molar-refractivity contribution in [2.75, 3.05) is 10.6 Å². The molecule has 1 saturated carbocycles. The molecule has 0 saturated heterocycles. The average molecular weight is 529 g/mol. The number of hydrogen-bond donors (Lipinski definition) is 3. The van der Waals surface area contributed by atoms with Crippen LogP contribution in [0.2, 0.25) is 0 Å². The zero-order valence-electron chi connectivity index (χ0n) is 22.9. The van der Waals surface area contributed by atoms with Gasteiger partial charge in [0.05, 0.1) is 18.2 Å². The maximum atomic E-state index is 13.3. The highest BCUT2D eigenvalue weighted by Gasteiger charge is 2.23. The van der Waals surface area contributed by atoms with Gasteiger partial charge in [-0.1, -0.05) is 43.3 Å². The average Bonchev–Trinajstić information content (AvgIpc) is 3.38. The minimum absolute atomic E-state index is 0.224. The molecule has 4 N–H and O–H groups in total. The molecule has 1 fully saturated rings. The Balaban J connectivity index is 1.31. The van der Waals surface area contributed by atoms with Crippen LogP contribution in [0.1, 0.15) is 64.5 Å². The molecule has 2 heterocycles. The predicted octanol–water partition coefficient (Wildman–Crippen LogP) is 6.32. The van der Waals surface area contributed by atoms with Crippen LogP contribution in [-0.2, 0) is 6.54 Å². The van der Waals surface area contributed by atoms with Crippen molar-refractivity contribution in [1.82, 2.24) is 19.5 Å². The van der Waals surface area contributed by atoms with Crippen molar-refractivity contribution in [1.29, 1.82) is 0 Å². The van der Waals surface area contributed by atoms with Crippen molar-refractivity contribution in [3.8, 4) is 11.1 Å². The van der Waals surface area contributed by atoms with Crippen molar-refractivity contribution in [2.45, 2.75) is 77.5 Å². The maximum absolute atomic E-state index is 13.3. The molecule has 4 aromatic rings. The summed E-state index contributed by atoms with van der Waals surface area (Å²) in [5, 5.41) is 7.06. The van der Waals surface area contributed by atoms with Crippen LogP contribution in [0.5, 0.6) is 0 Å². The summed E-state index contributed by atoms with van der Waals surface area (Å²) in [5.41, 5.74) is 10.7. The summed E-state index contributed by atoms with van der Waals surface area (Å²) < 4.78 is 15.3. The minimum Gasteiger partial charge on any atom is -0.387 e. The number of aliphatic imine (C=N–C) groups is 1. The maximum Gasteiger partial charge on any atom is 0.227 e. The Kier molecular flexibility index (Phi) is 8.05. The zero-order valence-corrected chi connectivity index (χ0v) is 22.9. The Hall–Kier alpha value is -4.01. The Bertz CT molecular complexity index is 1420. The summed E-state index contributed by atoms with van der Waals surface area (Å²) >= 11 is 0. The molecule has 39 heavy (non-hydrogen) atoms. The summed E-state index contributed by atoms with van der Waals surface area (Å²) in [6.07, 6.45) is 6.63. The van der Waals surface area contributed by atoms with Crippen LogP contribution in [0, 0.1) is 5.82 Å². The van der Waals surface area contributed by atoms with E-state index in [4.69, 9.17) is 15.7 Å². The normalized spacial score (nSPS) is 18.0.